The first-order chi connectivity index (χ1) is 15.1. The number of carbonyl (C=O) groups is 1. The summed E-state index contributed by atoms with van der Waals surface area (Å²) in [5.41, 5.74) is 7.40. The lowest BCUT2D eigenvalue weighted by atomic mass is 9.64. The van der Waals surface area contributed by atoms with Crippen molar-refractivity contribution in [3.8, 4) is 0 Å². The largest absolute Gasteiger partial charge is 1.00 e. The minimum absolute atomic E-state index is 0. The molecule has 2 atom stereocenters. The lowest BCUT2D eigenvalue weighted by Gasteiger charge is -2.37. The van der Waals surface area contributed by atoms with Crippen molar-refractivity contribution in [1.82, 2.24) is 4.57 Å². The Morgan fingerprint density at radius 3 is 2.22 bits per heavy atom. The van der Waals surface area contributed by atoms with Gasteiger partial charge in [0.2, 0.25) is 5.91 Å². The van der Waals surface area contributed by atoms with Gasteiger partial charge in [-0.2, -0.15) is 0 Å². The predicted molar refractivity (Wildman–Crippen MR) is 123 cm³/mol. The van der Waals surface area contributed by atoms with Crippen molar-refractivity contribution in [1.29, 1.82) is 0 Å². The molecule has 0 bridgehead atoms. The Labute approximate surface area is 201 Å². The third-order valence-electron chi connectivity index (χ3n) is 6.99. The summed E-state index contributed by atoms with van der Waals surface area (Å²) in [5, 5.41) is 0. The van der Waals surface area contributed by atoms with E-state index in [0.717, 1.165) is 36.9 Å². The molecule has 3 aromatic rings. The summed E-state index contributed by atoms with van der Waals surface area (Å²) in [6.07, 6.45) is 11.5. The zero-order valence-corrected chi connectivity index (χ0v) is 20.4. The zero-order valence-electron chi connectivity index (χ0n) is 18.8. The molecule has 1 aliphatic carbocycles. The van der Waals surface area contributed by atoms with Crippen LogP contribution in [0.5, 0.6) is 0 Å². The van der Waals surface area contributed by atoms with Crippen molar-refractivity contribution in [2.75, 3.05) is 0 Å². The minimum Gasteiger partial charge on any atom is -1.00 e. The van der Waals surface area contributed by atoms with Crippen LogP contribution in [0.25, 0.3) is 0 Å². The molecule has 4 nitrogen and oxygen atoms in total. The van der Waals surface area contributed by atoms with Gasteiger partial charge in [0.25, 0.3) is 5.82 Å². The van der Waals surface area contributed by atoms with E-state index < -0.39 is 5.41 Å². The van der Waals surface area contributed by atoms with E-state index in [1.807, 2.05) is 43.3 Å². The minimum atomic E-state index is -0.820. The van der Waals surface area contributed by atoms with E-state index in [1.165, 1.54) is 5.82 Å². The molecule has 1 saturated carbocycles. The average Bonchev–Trinajstić information content (AvgIpc) is 3.41. The van der Waals surface area contributed by atoms with E-state index in [4.69, 9.17) is 5.73 Å². The SMILES string of the molecule is CC=CC[n+]1ccn([C@@H]2CC[C@H](C(C(N)=O)(c3ccccc3)c3ccccc3)C2)c1C.[Br-]. The number of nitrogens with zero attached hydrogens (tertiary/aromatic N) is 2. The fraction of sp³-hybridized carbons (Fsp3) is 0.333. The van der Waals surface area contributed by atoms with Crippen LogP contribution in [0, 0.1) is 12.8 Å². The average molecular weight is 494 g/mol. The molecule has 0 spiro atoms. The van der Waals surface area contributed by atoms with Gasteiger partial charge in [0.1, 0.15) is 30.4 Å². The molecular formula is C27H32BrN3O. The molecule has 32 heavy (non-hydrogen) atoms. The summed E-state index contributed by atoms with van der Waals surface area (Å²) in [5.74, 6) is 1.13. The van der Waals surface area contributed by atoms with Crippen molar-refractivity contribution in [2.45, 2.75) is 51.1 Å². The van der Waals surface area contributed by atoms with Crippen LogP contribution in [-0.2, 0) is 16.8 Å². The van der Waals surface area contributed by atoms with Crippen LogP contribution in [0.2, 0.25) is 0 Å². The Morgan fingerprint density at radius 1 is 1.09 bits per heavy atom. The molecule has 168 valence electrons. The first-order valence-electron chi connectivity index (χ1n) is 11.2. The number of hydrogen-bond acceptors (Lipinski definition) is 1. The highest BCUT2D eigenvalue weighted by atomic mass is 79.9. The van der Waals surface area contributed by atoms with Gasteiger partial charge < -0.3 is 22.7 Å². The zero-order chi connectivity index (χ0) is 21.8. The van der Waals surface area contributed by atoms with Gasteiger partial charge in [-0.1, -0.05) is 66.7 Å². The normalized spacial score (nSPS) is 18.6. The van der Waals surface area contributed by atoms with Crippen LogP contribution < -0.4 is 27.3 Å². The fourth-order valence-corrected chi connectivity index (χ4v) is 5.44. The molecule has 1 aliphatic rings. The first-order valence-corrected chi connectivity index (χ1v) is 11.2. The second-order valence-electron chi connectivity index (χ2n) is 8.54. The summed E-state index contributed by atoms with van der Waals surface area (Å²) >= 11 is 0. The molecule has 2 aromatic carbocycles. The Kier molecular flexibility index (Phi) is 7.73. The highest BCUT2D eigenvalue weighted by Gasteiger charge is 2.51. The molecule has 1 amide bonds. The van der Waals surface area contributed by atoms with Crippen molar-refractivity contribution < 1.29 is 26.3 Å². The van der Waals surface area contributed by atoms with Crippen LogP contribution in [0.3, 0.4) is 0 Å². The maximum absolute atomic E-state index is 13.2. The predicted octanol–water partition coefficient (Wildman–Crippen LogP) is 1.48. The van der Waals surface area contributed by atoms with Gasteiger partial charge in [0.05, 0.1) is 0 Å². The number of nitrogens with two attached hydrogens (primary N) is 1. The molecule has 0 saturated heterocycles. The maximum atomic E-state index is 13.2. The van der Waals surface area contributed by atoms with Gasteiger partial charge in [-0.15, -0.1) is 0 Å². The standard InChI is InChI=1S/C27H31N3O.BrH/c1-3-4-17-29-18-19-30(21(29)2)25-16-15-24(20-25)27(26(28)31,22-11-7-5-8-12-22)23-13-9-6-10-14-23;/h3-14,18-19,24-25H,15-17,20H2,1-2H3,(H-,28,31);1H/t24-,25+;/m0./s1. The number of amides is 1. The number of carbonyl (C=O) groups excluding carboxylic acids is 1. The van der Waals surface area contributed by atoms with E-state index in [2.05, 4.69) is 64.9 Å². The number of aromatic nitrogens is 2. The summed E-state index contributed by atoms with van der Waals surface area (Å²) in [6, 6.07) is 20.6. The highest BCUT2D eigenvalue weighted by Crippen LogP contribution is 2.49. The molecule has 1 aromatic heterocycles. The highest BCUT2D eigenvalue weighted by molar-refractivity contribution is 5.91. The van der Waals surface area contributed by atoms with Gasteiger partial charge in [-0.25, -0.2) is 9.13 Å². The first kappa shape index (κ1) is 24.0. The number of hydrogen-bond donors (Lipinski definition) is 1. The van der Waals surface area contributed by atoms with Crippen molar-refractivity contribution in [3.05, 3.63) is 102 Å². The molecule has 1 heterocycles. The molecule has 0 radical (unpaired) electrons. The van der Waals surface area contributed by atoms with Gasteiger partial charge in [-0.05, 0) is 49.3 Å². The second kappa shape index (κ2) is 10.3. The molecule has 0 aliphatic heterocycles. The number of imidazole rings is 1. The van der Waals surface area contributed by atoms with E-state index >= 15 is 0 Å². The van der Waals surface area contributed by atoms with Crippen molar-refractivity contribution in [2.24, 2.45) is 11.7 Å². The number of benzene rings is 2. The van der Waals surface area contributed by atoms with Gasteiger partial charge in [0.15, 0.2) is 0 Å². The lowest BCUT2D eigenvalue weighted by Crippen LogP contribution is -3.00. The summed E-state index contributed by atoms with van der Waals surface area (Å²) in [4.78, 5) is 13.2. The number of allylic oxidation sites excluding steroid dienone is 2. The molecule has 1 fully saturated rings. The van der Waals surface area contributed by atoms with Gasteiger partial charge >= 0.3 is 0 Å². The monoisotopic (exact) mass is 493 g/mol. The van der Waals surface area contributed by atoms with E-state index in [0.29, 0.717) is 6.04 Å². The Hall–Kier alpha value is -2.66. The van der Waals surface area contributed by atoms with Crippen molar-refractivity contribution >= 4 is 5.91 Å². The number of rotatable bonds is 7. The second-order valence-corrected chi connectivity index (χ2v) is 8.54. The fourth-order valence-electron chi connectivity index (χ4n) is 5.44. The molecule has 2 N–H and O–H groups in total. The molecular weight excluding hydrogens is 462 g/mol. The molecule has 0 unspecified atom stereocenters. The maximum Gasteiger partial charge on any atom is 0.253 e. The number of halogens is 1. The quantitative estimate of drug-likeness (QED) is 0.393. The summed E-state index contributed by atoms with van der Waals surface area (Å²) in [7, 11) is 0. The van der Waals surface area contributed by atoms with Crippen molar-refractivity contribution in [3.63, 3.8) is 0 Å². The van der Waals surface area contributed by atoms with Gasteiger partial charge in [0, 0.05) is 6.92 Å². The molecule has 5 heteroatoms. The smallest absolute Gasteiger partial charge is 0.253 e. The van der Waals surface area contributed by atoms with Crippen LogP contribution in [0.15, 0.2) is 85.2 Å². The third-order valence-corrected chi connectivity index (χ3v) is 6.99. The Bertz CT molecular complexity index is 1020. The summed E-state index contributed by atoms with van der Waals surface area (Å²) < 4.78 is 4.65. The van der Waals surface area contributed by atoms with E-state index in [9.17, 15) is 4.79 Å². The van der Waals surface area contributed by atoms with E-state index in [1.54, 1.807) is 0 Å². The summed E-state index contributed by atoms with van der Waals surface area (Å²) in [6.45, 7) is 5.10. The van der Waals surface area contributed by atoms with Crippen LogP contribution >= 0.6 is 0 Å². The Balaban J connectivity index is 0.00000289. The topological polar surface area (TPSA) is 51.9 Å². The Morgan fingerprint density at radius 2 is 1.69 bits per heavy atom. The van der Waals surface area contributed by atoms with Crippen LogP contribution in [0.1, 0.15) is 49.2 Å². The number of primary amides is 1. The van der Waals surface area contributed by atoms with Gasteiger partial charge in [-0.3, -0.25) is 4.79 Å². The van der Waals surface area contributed by atoms with E-state index in [-0.39, 0.29) is 28.8 Å². The third kappa shape index (κ3) is 4.18. The van der Waals surface area contributed by atoms with Crippen LogP contribution in [0.4, 0.5) is 0 Å². The molecule has 4 rings (SSSR count). The van der Waals surface area contributed by atoms with Crippen LogP contribution in [-0.4, -0.2) is 10.5 Å². The lowest BCUT2D eigenvalue weighted by molar-refractivity contribution is -0.692.